The SMILES string of the molecule is O=CC12CCCC1C1C=CC2C1. The number of allylic oxidation sites excluding steroid dienone is 2. The molecule has 4 unspecified atom stereocenters. The Morgan fingerprint density at radius 1 is 1.42 bits per heavy atom. The van der Waals surface area contributed by atoms with Gasteiger partial charge in [-0.25, -0.2) is 0 Å². The van der Waals surface area contributed by atoms with Gasteiger partial charge < -0.3 is 4.79 Å². The number of fused-ring (bicyclic) bond motifs is 5. The molecule has 2 bridgehead atoms. The second-order valence-electron chi connectivity index (χ2n) is 4.62. The largest absolute Gasteiger partial charge is 0.303 e. The summed E-state index contributed by atoms with van der Waals surface area (Å²) >= 11 is 0. The van der Waals surface area contributed by atoms with Gasteiger partial charge in [0, 0.05) is 5.41 Å². The molecule has 3 aliphatic carbocycles. The van der Waals surface area contributed by atoms with Crippen molar-refractivity contribution in [2.75, 3.05) is 0 Å². The summed E-state index contributed by atoms with van der Waals surface area (Å²) in [5.41, 5.74) is 0.0966. The minimum atomic E-state index is 0.0966. The minimum absolute atomic E-state index is 0.0966. The lowest BCUT2D eigenvalue weighted by Crippen LogP contribution is -2.31. The van der Waals surface area contributed by atoms with Crippen molar-refractivity contribution in [2.45, 2.75) is 25.7 Å². The molecular weight excluding hydrogens is 148 g/mol. The molecule has 0 aromatic carbocycles. The fraction of sp³-hybridized carbons (Fsp3) is 0.727. The zero-order valence-corrected chi connectivity index (χ0v) is 7.20. The molecule has 0 amide bonds. The van der Waals surface area contributed by atoms with Gasteiger partial charge in [-0.05, 0) is 37.0 Å². The topological polar surface area (TPSA) is 17.1 Å². The zero-order valence-electron chi connectivity index (χ0n) is 7.20. The first-order valence-corrected chi connectivity index (χ1v) is 5.01. The number of carbonyl (C=O) groups is 1. The van der Waals surface area contributed by atoms with Crippen molar-refractivity contribution in [2.24, 2.45) is 23.2 Å². The van der Waals surface area contributed by atoms with Gasteiger partial charge in [0.2, 0.25) is 0 Å². The maximum atomic E-state index is 11.2. The van der Waals surface area contributed by atoms with Gasteiger partial charge >= 0.3 is 0 Å². The number of hydrogen-bond acceptors (Lipinski definition) is 1. The van der Waals surface area contributed by atoms with Crippen molar-refractivity contribution >= 4 is 6.29 Å². The summed E-state index contributed by atoms with van der Waals surface area (Å²) in [4.78, 5) is 11.2. The van der Waals surface area contributed by atoms with Crippen LogP contribution < -0.4 is 0 Å². The highest BCUT2D eigenvalue weighted by molar-refractivity contribution is 5.64. The molecule has 3 aliphatic rings. The first-order chi connectivity index (χ1) is 5.87. The molecule has 2 saturated carbocycles. The highest BCUT2D eigenvalue weighted by Gasteiger charge is 2.57. The summed E-state index contributed by atoms with van der Waals surface area (Å²) in [6.45, 7) is 0. The third-order valence-electron chi connectivity index (χ3n) is 4.36. The van der Waals surface area contributed by atoms with E-state index in [1.807, 2.05) is 0 Å². The van der Waals surface area contributed by atoms with E-state index in [0.717, 1.165) is 12.3 Å². The Labute approximate surface area is 72.8 Å². The first kappa shape index (κ1) is 6.88. The molecular formula is C11H14O. The molecule has 0 spiro atoms. The smallest absolute Gasteiger partial charge is 0.127 e. The second kappa shape index (κ2) is 2.01. The van der Waals surface area contributed by atoms with Crippen molar-refractivity contribution in [3.8, 4) is 0 Å². The molecule has 12 heavy (non-hydrogen) atoms. The van der Waals surface area contributed by atoms with Gasteiger partial charge in [-0.15, -0.1) is 0 Å². The Balaban J connectivity index is 2.08. The Morgan fingerprint density at radius 2 is 2.33 bits per heavy atom. The molecule has 0 aliphatic heterocycles. The summed E-state index contributed by atoms with van der Waals surface area (Å²) in [5.74, 6) is 2.07. The van der Waals surface area contributed by atoms with Gasteiger partial charge in [0.1, 0.15) is 6.29 Å². The predicted octanol–water partition coefficient (Wildman–Crippen LogP) is 2.18. The van der Waals surface area contributed by atoms with Gasteiger partial charge in [-0.1, -0.05) is 18.6 Å². The average molecular weight is 162 g/mol. The van der Waals surface area contributed by atoms with E-state index in [1.54, 1.807) is 0 Å². The van der Waals surface area contributed by atoms with Crippen LogP contribution in [0.15, 0.2) is 12.2 Å². The third-order valence-corrected chi connectivity index (χ3v) is 4.36. The molecule has 1 heteroatoms. The van der Waals surface area contributed by atoms with Gasteiger partial charge in [0.05, 0.1) is 0 Å². The van der Waals surface area contributed by atoms with E-state index in [0.29, 0.717) is 11.8 Å². The van der Waals surface area contributed by atoms with E-state index in [4.69, 9.17) is 0 Å². The third kappa shape index (κ3) is 0.562. The van der Waals surface area contributed by atoms with Crippen LogP contribution in [-0.4, -0.2) is 6.29 Å². The van der Waals surface area contributed by atoms with Crippen LogP contribution in [0.1, 0.15) is 25.7 Å². The number of carbonyl (C=O) groups excluding carboxylic acids is 1. The summed E-state index contributed by atoms with van der Waals surface area (Å²) in [5, 5.41) is 0. The van der Waals surface area contributed by atoms with Crippen LogP contribution in [0.3, 0.4) is 0 Å². The van der Waals surface area contributed by atoms with Crippen molar-refractivity contribution in [3.63, 3.8) is 0 Å². The fourth-order valence-electron chi connectivity index (χ4n) is 3.81. The van der Waals surface area contributed by atoms with E-state index in [1.165, 1.54) is 25.5 Å². The van der Waals surface area contributed by atoms with Crippen LogP contribution in [0.5, 0.6) is 0 Å². The lowest BCUT2D eigenvalue weighted by molar-refractivity contribution is -0.118. The zero-order chi connectivity index (χ0) is 8.18. The van der Waals surface area contributed by atoms with Crippen LogP contribution in [0.2, 0.25) is 0 Å². The number of hydrogen-bond donors (Lipinski definition) is 0. The monoisotopic (exact) mass is 162 g/mol. The minimum Gasteiger partial charge on any atom is -0.303 e. The Kier molecular flexibility index (Phi) is 1.15. The van der Waals surface area contributed by atoms with E-state index in [-0.39, 0.29) is 5.41 Å². The van der Waals surface area contributed by atoms with E-state index < -0.39 is 0 Å². The van der Waals surface area contributed by atoms with E-state index >= 15 is 0 Å². The Hall–Kier alpha value is -0.590. The fourth-order valence-corrected chi connectivity index (χ4v) is 3.81. The van der Waals surface area contributed by atoms with Crippen LogP contribution in [0.25, 0.3) is 0 Å². The van der Waals surface area contributed by atoms with E-state index in [9.17, 15) is 4.79 Å². The lowest BCUT2D eigenvalue weighted by atomic mass is 9.72. The van der Waals surface area contributed by atoms with Crippen LogP contribution in [0, 0.1) is 23.2 Å². The molecule has 0 N–H and O–H groups in total. The molecule has 0 saturated heterocycles. The summed E-state index contributed by atoms with van der Waals surface area (Å²) in [7, 11) is 0. The summed E-state index contributed by atoms with van der Waals surface area (Å²) < 4.78 is 0. The van der Waals surface area contributed by atoms with Gasteiger partial charge in [0.25, 0.3) is 0 Å². The molecule has 2 fully saturated rings. The van der Waals surface area contributed by atoms with Crippen molar-refractivity contribution < 1.29 is 4.79 Å². The summed E-state index contributed by atoms with van der Waals surface area (Å²) in [6, 6.07) is 0. The molecule has 0 radical (unpaired) electrons. The van der Waals surface area contributed by atoms with Gasteiger partial charge in [-0.3, -0.25) is 0 Å². The molecule has 4 atom stereocenters. The van der Waals surface area contributed by atoms with Crippen LogP contribution >= 0.6 is 0 Å². The quantitative estimate of drug-likeness (QED) is 0.426. The first-order valence-electron chi connectivity index (χ1n) is 5.01. The Morgan fingerprint density at radius 3 is 3.08 bits per heavy atom. The van der Waals surface area contributed by atoms with Gasteiger partial charge in [0.15, 0.2) is 0 Å². The lowest BCUT2D eigenvalue weighted by Gasteiger charge is -2.30. The maximum absolute atomic E-state index is 11.2. The molecule has 0 aromatic rings. The van der Waals surface area contributed by atoms with Gasteiger partial charge in [-0.2, -0.15) is 0 Å². The van der Waals surface area contributed by atoms with Crippen molar-refractivity contribution in [1.82, 2.24) is 0 Å². The highest BCUT2D eigenvalue weighted by Crippen LogP contribution is 2.62. The van der Waals surface area contributed by atoms with Crippen LogP contribution in [-0.2, 0) is 4.79 Å². The van der Waals surface area contributed by atoms with E-state index in [2.05, 4.69) is 12.2 Å². The molecule has 64 valence electrons. The Bertz CT molecular complexity index is 256. The molecule has 1 nitrogen and oxygen atoms in total. The second-order valence-corrected chi connectivity index (χ2v) is 4.62. The highest BCUT2D eigenvalue weighted by atomic mass is 16.1. The predicted molar refractivity (Wildman–Crippen MR) is 46.6 cm³/mol. The van der Waals surface area contributed by atoms with Crippen molar-refractivity contribution in [1.29, 1.82) is 0 Å². The molecule has 0 heterocycles. The van der Waals surface area contributed by atoms with Crippen molar-refractivity contribution in [3.05, 3.63) is 12.2 Å². The number of aldehydes is 1. The number of rotatable bonds is 1. The normalized spacial score (nSPS) is 54.5. The summed E-state index contributed by atoms with van der Waals surface area (Å²) in [6.07, 6.45) is 10.9. The molecule has 0 aromatic heterocycles. The maximum Gasteiger partial charge on any atom is 0.127 e. The standard InChI is InChI=1S/C11H14O/c12-7-11-5-1-2-10(11)8-3-4-9(11)6-8/h3-4,7-10H,1-2,5-6H2. The molecule has 3 rings (SSSR count). The average Bonchev–Trinajstić information content (AvgIpc) is 2.76. The van der Waals surface area contributed by atoms with Crippen LogP contribution in [0.4, 0.5) is 0 Å².